The fraction of sp³-hybridized carbons (Fsp3) is 0.417. The van der Waals surface area contributed by atoms with Gasteiger partial charge in [-0.15, -0.1) is 0 Å². The Morgan fingerprint density at radius 2 is 2.35 bits per heavy atom. The molecule has 1 fully saturated rings. The molecule has 1 aromatic carbocycles. The van der Waals surface area contributed by atoms with Gasteiger partial charge in [-0.25, -0.2) is 4.39 Å². The Kier molecular flexibility index (Phi) is 3.89. The van der Waals surface area contributed by atoms with Gasteiger partial charge in [0.15, 0.2) is 0 Å². The van der Waals surface area contributed by atoms with E-state index in [1.807, 2.05) is 11.8 Å². The largest absolute Gasteiger partial charge is 0.507 e. The van der Waals surface area contributed by atoms with Crippen LogP contribution in [0.2, 0.25) is 0 Å². The Morgan fingerprint density at radius 3 is 3.00 bits per heavy atom. The number of halogens is 1. The van der Waals surface area contributed by atoms with Crippen LogP contribution in [0.25, 0.3) is 0 Å². The number of hydrogen-bond donors (Lipinski definition) is 2. The van der Waals surface area contributed by atoms with Gasteiger partial charge in [0.1, 0.15) is 11.6 Å². The zero-order valence-corrected chi connectivity index (χ0v) is 10.1. The lowest BCUT2D eigenvalue weighted by Crippen LogP contribution is -2.38. The molecule has 2 rings (SSSR count). The molecular weight excluding hydrogens is 241 g/mol. The Hall–Kier alpha value is -1.23. The van der Waals surface area contributed by atoms with E-state index in [1.54, 1.807) is 0 Å². The number of rotatable bonds is 2. The molecule has 1 aliphatic heterocycles. The molecule has 1 unspecified atom stereocenters. The molecule has 3 nitrogen and oxygen atoms in total. The summed E-state index contributed by atoms with van der Waals surface area (Å²) in [7, 11) is 0. The van der Waals surface area contributed by atoms with E-state index in [-0.39, 0.29) is 23.3 Å². The zero-order chi connectivity index (χ0) is 12.3. The van der Waals surface area contributed by atoms with Crippen LogP contribution in [-0.4, -0.2) is 28.6 Å². The van der Waals surface area contributed by atoms with Crippen molar-refractivity contribution in [1.82, 2.24) is 5.32 Å². The van der Waals surface area contributed by atoms with E-state index < -0.39 is 5.82 Å². The molecule has 1 amide bonds. The normalized spacial score (nSPS) is 19.9. The third-order valence-corrected chi connectivity index (χ3v) is 3.92. The van der Waals surface area contributed by atoms with E-state index in [1.165, 1.54) is 12.1 Å². The molecule has 1 heterocycles. The average Bonchev–Trinajstić information content (AvgIpc) is 2.30. The van der Waals surface area contributed by atoms with Crippen LogP contribution in [0.3, 0.4) is 0 Å². The monoisotopic (exact) mass is 255 g/mol. The number of amides is 1. The molecule has 1 aromatic rings. The van der Waals surface area contributed by atoms with Gasteiger partial charge in [-0.3, -0.25) is 4.79 Å². The van der Waals surface area contributed by atoms with Gasteiger partial charge in [0, 0.05) is 17.9 Å². The predicted octanol–water partition coefficient (Wildman–Crippen LogP) is 2.16. The van der Waals surface area contributed by atoms with E-state index >= 15 is 0 Å². The van der Waals surface area contributed by atoms with Gasteiger partial charge < -0.3 is 10.4 Å². The van der Waals surface area contributed by atoms with E-state index in [0.29, 0.717) is 0 Å². The van der Waals surface area contributed by atoms with Crippen molar-refractivity contribution in [2.24, 2.45) is 0 Å². The van der Waals surface area contributed by atoms with Crippen LogP contribution in [0.15, 0.2) is 18.2 Å². The molecule has 0 saturated carbocycles. The van der Waals surface area contributed by atoms with Gasteiger partial charge in [0.2, 0.25) is 0 Å². The van der Waals surface area contributed by atoms with Crippen LogP contribution in [0.4, 0.5) is 4.39 Å². The second-order valence-electron chi connectivity index (χ2n) is 4.05. The van der Waals surface area contributed by atoms with Gasteiger partial charge in [0.05, 0.1) is 5.56 Å². The average molecular weight is 255 g/mol. The molecule has 0 radical (unpaired) electrons. The lowest BCUT2D eigenvalue weighted by Gasteiger charge is -2.22. The van der Waals surface area contributed by atoms with Gasteiger partial charge in [0.25, 0.3) is 5.91 Å². The first kappa shape index (κ1) is 12.2. The van der Waals surface area contributed by atoms with Crippen molar-refractivity contribution in [3.05, 3.63) is 29.6 Å². The number of benzene rings is 1. The number of nitrogens with one attached hydrogen (secondary N) is 1. The maximum absolute atomic E-state index is 12.8. The number of phenols is 1. The summed E-state index contributed by atoms with van der Waals surface area (Å²) in [5.41, 5.74) is 0.127. The van der Waals surface area contributed by atoms with Gasteiger partial charge in [-0.2, -0.15) is 11.8 Å². The van der Waals surface area contributed by atoms with Crippen LogP contribution < -0.4 is 5.32 Å². The standard InChI is InChI=1S/C12H14FNO2S/c13-8-3-4-10(11(15)6-8)12(16)14-9-2-1-5-17-7-9/h3-4,6,9,15H,1-2,5,7H2,(H,14,16). The molecule has 1 atom stereocenters. The maximum Gasteiger partial charge on any atom is 0.255 e. The van der Waals surface area contributed by atoms with Crippen molar-refractivity contribution >= 4 is 17.7 Å². The molecule has 0 bridgehead atoms. The van der Waals surface area contributed by atoms with Crippen LogP contribution in [0.1, 0.15) is 23.2 Å². The van der Waals surface area contributed by atoms with Crippen LogP contribution >= 0.6 is 11.8 Å². The van der Waals surface area contributed by atoms with Crippen molar-refractivity contribution in [3.8, 4) is 5.75 Å². The molecule has 1 aliphatic rings. The fourth-order valence-corrected chi connectivity index (χ4v) is 2.89. The number of carbonyl (C=O) groups excluding carboxylic acids is 1. The quantitative estimate of drug-likeness (QED) is 0.851. The minimum absolute atomic E-state index is 0.127. The second kappa shape index (κ2) is 5.40. The molecule has 17 heavy (non-hydrogen) atoms. The Balaban J connectivity index is 2.03. The Morgan fingerprint density at radius 1 is 1.53 bits per heavy atom. The van der Waals surface area contributed by atoms with Crippen molar-refractivity contribution in [2.75, 3.05) is 11.5 Å². The summed E-state index contributed by atoms with van der Waals surface area (Å²) in [6, 6.07) is 3.57. The molecule has 0 aromatic heterocycles. The van der Waals surface area contributed by atoms with Crippen molar-refractivity contribution in [3.63, 3.8) is 0 Å². The molecule has 5 heteroatoms. The number of hydrogen-bond acceptors (Lipinski definition) is 3. The summed E-state index contributed by atoms with van der Waals surface area (Å²) in [5, 5.41) is 12.3. The molecule has 0 aliphatic carbocycles. The molecule has 1 saturated heterocycles. The number of carbonyl (C=O) groups is 1. The summed E-state index contributed by atoms with van der Waals surface area (Å²) in [6.07, 6.45) is 2.05. The summed E-state index contributed by atoms with van der Waals surface area (Å²) in [6.45, 7) is 0. The minimum atomic E-state index is -0.549. The number of thioether (sulfide) groups is 1. The molecule has 0 spiro atoms. The first-order chi connectivity index (χ1) is 8.16. The topological polar surface area (TPSA) is 49.3 Å². The maximum atomic E-state index is 12.8. The molecule has 2 N–H and O–H groups in total. The lowest BCUT2D eigenvalue weighted by molar-refractivity contribution is 0.0936. The molecular formula is C12H14FNO2S. The highest BCUT2D eigenvalue weighted by molar-refractivity contribution is 7.99. The van der Waals surface area contributed by atoms with Crippen molar-refractivity contribution in [2.45, 2.75) is 18.9 Å². The van der Waals surface area contributed by atoms with E-state index in [9.17, 15) is 14.3 Å². The van der Waals surface area contributed by atoms with Crippen LogP contribution in [0, 0.1) is 5.82 Å². The summed E-state index contributed by atoms with van der Waals surface area (Å²) in [4.78, 5) is 11.8. The minimum Gasteiger partial charge on any atom is -0.507 e. The highest BCUT2D eigenvalue weighted by Crippen LogP contribution is 2.20. The van der Waals surface area contributed by atoms with Gasteiger partial charge >= 0.3 is 0 Å². The first-order valence-corrected chi connectivity index (χ1v) is 6.69. The zero-order valence-electron chi connectivity index (χ0n) is 9.28. The lowest BCUT2D eigenvalue weighted by atomic mass is 10.1. The second-order valence-corrected chi connectivity index (χ2v) is 5.20. The van der Waals surface area contributed by atoms with Gasteiger partial charge in [-0.05, 0) is 30.7 Å². The Bertz CT molecular complexity index is 419. The smallest absolute Gasteiger partial charge is 0.255 e. The third-order valence-electron chi connectivity index (χ3n) is 2.70. The highest BCUT2D eigenvalue weighted by Gasteiger charge is 2.18. The summed E-state index contributed by atoms with van der Waals surface area (Å²) in [5.74, 6) is 0.829. The molecule has 92 valence electrons. The third kappa shape index (κ3) is 3.12. The SMILES string of the molecule is O=C(NC1CCCSC1)c1ccc(F)cc1O. The predicted molar refractivity (Wildman–Crippen MR) is 65.9 cm³/mol. The van der Waals surface area contributed by atoms with E-state index in [0.717, 1.165) is 30.4 Å². The number of phenolic OH excluding ortho intramolecular Hbond substituents is 1. The highest BCUT2D eigenvalue weighted by atomic mass is 32.2. The Labute approximate surface area is 103 Å². The van der Waals surface area contributed by atoms with Crippen molar-refractivity contribution < 1.29 is 14.3 Å². The first-order valence-electron chi connectivity index (χ1n) is 5.54. The summed E-state index contributed by atoms with van der Waals surface area (Å²) < 4.78 is 12.8. The van der Waals surface area contributed by atoms with E-state index in [2.05, 4.69) is 5.32 Å². The van der Waals surface area contributed by atoms with Crippen LogP contribution in [-0.2, 0) is 0 Å². The fourth-order valence-electron chi connectivity index (χ4n) is 1.81. The summed E-state index contributed by atoms with van der Waals surface area (Å²) >= 11 is 1.81. The van der Waals surface area contributed by atoms with Crippen LogP contribution in [0.5, 0.6) is 5.75 Å². The van der Waals surface area contributed by atoms with E-state index in [4.69, 9.17) is 0 Å². The number of aromatic hydroxyl groups is 1. The van der Waals surface area contributed by atoms with Crippen molar-refractivity contribution in [1.29, 1.82) is 0 Å². The van der Waals surface area contributed by atoms with Gasteiger partial charge in [-0.1, -0.05) is 0 Å².